The average molecular weight is 337 g/mol. The number of esters is 2. The first-order valence-electron chi connectivity index (χ1n) is 8.12. The zero-order chi connectivity index (χ0) is 17.5. The van der Waals surface area contributed by atoms with Crippen molar-refractivity contribution in [1.29, 1.82) is 0 Å². The van der Waals surface area contributed by atoms with Gasteiger partial charge in [0.15, 0.2) is 0 Å². The molecule has 24 heavy (non-hydrogen) atoms. The van der Waals surface area contributed by atoms with Crippen LogP contribution in [0.5, 0.6) is 0 Å². The number of hydrogen-bond donors (Lipinski definition) is 1. The summed E-state index contributed by atoms with van der Waals surface area (Å²) in [4.78, 5) is 35.1. The molecular weight excluding hydrogens is 314 g/mol. The third kappa shape index (κ3) is 4.84. The second-order valence-electron chi connectivity index (χ2n) is 5.89. The fraction of sp³-hybridized carbons (Fsp3) is 0.588. The lowest BCUT2D eigenvalue weighted by Crippen LogP contribution is -2.36. The van der Waals surface area contributed by atoms with E-state index in [0.717, 1.165) is 25.7 Å². The predicted octanol–water partition coefficient (Wildman–Crippen LogP) is 2.11. The van der Waals surface area contributed by atoms with E-state index in [4.69, 9.17) is 9.15 Å². The largest absolute Gasteiger partial charge is 0.465 e. The van der Waals surface area contributed by atoms with E-state index in [-0.39, 0.29) is 25.0 Å². The molecular formula is C17H23NO6. The smallest absolute Gasteiger partial charge is 0.341 e. The Bertz CT molecular complexity index is 600. The van der Waals surface area contributed by atoms with Gasteiger partial charge in [-0.2, -0.15) is 0 Å². The van der Waals surface area contributed by atoms with E-state index in [2.05, 4.69) is 10.1 Å². The maximum absolute atomic E-state index is 11.9. The minimum absolute atomic E-state index is 0.00175. The van der Waals surface area contributed by atoms with Crippen LogP contribution >= 0.6 is 0 Å². The molecule has 1 amide bonds. The molecule has 1 heterocycles. The number of amides is 1. The van der Waals surface area contributed by atoms with Gasteiger partial charge in [-0.05, 0) is 25.8 Å². The topological polar surface area (TPSA) is 94.8 Å². The molecule has 0 atom stereocenters. The maximum atomic E-state index is 11.9. The number of hydrogen-bond acceptors (Lipinski definition) is 6. The molecule has 0 aliphatic heterocycles. The van der Waals surface area contributed by atoms with Gasteiger partial charge in [0.05, 0.1) is 7.11 Å². The molecule has 0 saturated heterocycles. The van der Waals surface area contributed by atoms with Crippen LogP contribution in [0.2, 0.25) is 0 Å². The van der Waals surface area contributed by atoms with Crippen LogP contribution in [0.15, 0.2) is 10.5 Å². The van der Waals surface area contributed by atoms with Crippen LogP contribution in [0, 0.1) is 12.8 Å². The van der Waals surface area contributed by atoms with Gasteiger partial charge in [0.1, 0.15) is 30.2 Å². The highest BCUT2D eigenvalue weighted by Gasteiger charge is 2.21. The highest BCUT2D eigenvalue weighted by Crippen LogP contribution is 2.23. The Hall–Kier alpha value is -2.31. The predicted molar refractivity (Wildman–Crippen MR) is 84.2 cm³/mol. The summed E-state index contributed by atoms with van der Waals surface area (Å²) in [7, 11) is 1.28. The summed E-state index contributed by atoms with van der Waals surface area (Å²) in [6, 6.07) is 1.48. The Balaban J connectivity index is 1.75. The number of carbonyl (C=O) groups excluding carboxylic acids is 3. The van der Waals surface area contributed by atoms with E-state index in [0.29, 0.717) is 17.1 Å². The van der Waals surface area contributed by atoms with Crippen molar-refractivity contribution in [3.8, 4) is 0 Å². The van der Waals surface area contributed by atoms with Crippen LogP contribution in [0.25, 0.3) is 0 Å². The van der Waals surface area contributed by atoms with Gasteiger partial charge < -0.3 is 19.2 Å². The van der Waals surface area contributed by atoms with E-state index in [9.17, 15) is 14.4 Å². The highest BCUT2D eigenvalue weighted by atomic mass is 16.5. The van der Waals surface area contributed by atoms with Gasteiger partial charge in [0, 0.05) is 5.92 Å². The van der Waals surface area contributed by atoms with Gasteiger partial charge in [0.25, 0.3) is 0 Å². The number of carbonyl (C=O) groups is 3. The van der Waals surface area contributed by atoms with E-state index >= 15 is 0 Å². The quantitative estimate of drug-likeness (QED) is 0.799. The van der Waals surface area contributed by atoms with Gasteiger partial charge in [-0.25, -0.2) is 4.79 Å². The summed E-state index contributed by atoms with van der Waals surface area (Å²) >= 11 is 0. The number of aryl methyl sites for hydroxylation is 1. The standard InChI is InChI=1S/C17H23NO6/c1-11-14(17(21)22-2)8-13(24-11)10-23-15(19)9-18-16(20)12-6-4-3-5-7-12/h8,12H,3-7,9-10H2,1-2H3,(H,18,20). The first-order valence-corrected chi connectivity index (χ1v) is 8.12. The molecule has 7 nitrogen and oxygen atoms in total. The van der Waals surface area contributed by atoms with Gasteiger partial charge in [0.2, 0.25) is 5.91 Å². The maximum Gasteiger partial charge on any atom is 0.341 e. The summed E-state index contributed by atoms with van der Waals surface area (Å²) in [6.45, 7) is 1.36. The zero-order valence-electron chi connectivity index (χ0n) is 14.1. The molecule has 0 unspecified atom stereocenters. The zero-order valence-corrected chi connectivity index (χ0v) is 14.1. The first-order chi connectivity index (χ1) is 11.5. The monoisotopic (exact) mass is 337 g/mol. The van der Waals surface area contributed by atoms with Gasteiger partial charge in [-0.15, -0.1) is 0 Å². The van der Waals surface area contributed by atoms with Crippen LogP contribution in [-0.4, -0.2) is 31.5 Å². The Morgan fingerprint density at radius 1 is 1.25 bits per heavy atom. The normalized spacial score (nSPS) is 14.9. The fourth-order valence-electron chi connectivity index (χ4n) is 2.80. The van der Waals surface area contributed by atoms with Gasteiger partial charge in [-0.1, -0.05) is 19.3 Å². The Kier molecular flexibility index (Phi) is 6.40. The van der Waals surface area contributed by atoms with Crippen molar-refractivity contribution >= 4 is 17.8 Å². The SMILES string of the molecule is COC(=O)c1cc(COC(=O)CNC(=O)C2CCCCC2)oc1C. The van der Waals surface area contributed by atoms with E-state index in [1.54, 1.807) is 6.92 Å². The van der Waals surface area contributed by atoms with Crippen LogP contribution in [0.4, 0.5) is 0 Å². The minimum atomic E-state index is -0.548. The number of furan rings is 1. The molecule has 1 fully saturated rings. The lowest BCUT2D eigenvalue weighted by Gasteiger charge is -2.20. The number of ether oxygens (including phenoxy) is 2. The van der Waals surface area contributed by atoms with E-state index < -0.39 is 11.9 Å². The van der Waals surface area contributed by atoms with Crippen molar-refractivity contribution < 1.29 is 28.3 Å². The highest BCUT2D eigenvalue weighted by molar-refractivity contribution is 5.90. The molecule has 1 aliphatic rings. The van der Waals surface area contributed by atoms with Crippen LogP contribution in [0.3, 0.4) is 0 Å². The summed E-state index contributed by atoms with van der Waals surface area (Å²) < 4.78 is 15.0. The van der Waals surface area contributed by atoms with Gasteiger partial charge in [-0.3, -0.25) is 9.59 Å². The lowest BCUT2D eigenvalue weighted by atomic mass is 9.89. The third-order valence-electron chi connectivity index (χ3n) is 4.13. The van der Waals surface area contributed by atoms with Crippen molar-refractivity contribution in [2.24, 2.45) is 5.92 Å². The number of methoxy groups -OCH3 is 1. The van der Waals surface area contributed by atoms with Crippen molar-refractivity contribution in [1.82, 2.24) is 5.32 Å². The molecule has 132 valence electrons. The Morgan fingerprint density at radius 2 is 1.96 bits per heavy atom. The lowest BCUT2D eigenvalue weighted by molar-refractivity contribution is -0.146. The summed E-state index contributed by atoms with van der Waals surface area (Å²) in [5.41, 5.74) is 0.300. The Morgan fingerprint density at radius 3 is 2.62 bits per heavy atom. The van der Waals surface area contributed by atoms with E-state index in [1.807, 2.05) is 0 Å². The van der Waals surface area contributed by atoms with E-state index in [1.165, 1.54) is 19.6 Å². The van der Waals surface area contributed by atoms with Crippen LogP contribution in [0.1, 0.15) is 54.0 Å². The van der Waals surface area contributed by atoms with Gasteiger partial charge >= 0.3 is 11.9 Å². The second-order valence-corrected chi connectivity index (χ2v) is 5.89. The molecule has 1 aliphatic carbocycles. The average Bonchev–Trinajstić information content (AvgIpc) is 2.98. The third-order valence-corrected chi connectivity index (χ3v) is 4.13. The van der Waals surface area contributed by atoms with Crippen molar-refractivity contribution in [2.75, 3.05) is 13.7 Å². The molecule has 1 N–H and O–H groups in total. The van der Waals surface area contributed by atoms with Crippen molar-refractivity contribution in [2.45, 2.75) is 45.6 Å². The summed E-state index contributed by atoms with van der Waals surface area (Å²) in [6.07, 6.45) is 5.04. The molecule has 0 radical (unpaired) electrons. The summed E-state index contributed by atoms with van der Waals surface area (Å²) in [5.74, 6) is -0.393. The van der Waals surface area contributed by atoms with Crippen molar-refractivity contribution in [3.63, 3.8) is 0 Å². The molecule has 2 rings (SSSR count). The molecule has 0 aromatic carbocycles. The van der Waals surface area contributed by atoms with Crippen molar-refractivity contribution in [3.05, 3.63) is 23.2 Å². The number of rotatable bonds is 6. The number of nitrogens with one attached hydrogen (secondary N) is 1. The van der Waals surface area contributed by atoms with Crippen LogP contribution < -0.4 is 5.32 Å². The minimum Gasteiger partial charge on any atom is -0.465 e. The summed E-state index contributed by atoms with van der Waals surface area (Å²) in [5, 5.41) is 2.61. The fourth-order valence-corrected chi connectivity index (χ4v) is 2.80. The Labute approximate surface area is 140 Å². The molecule has 1 saturated carbocycles. The molecule has 1 aromatic rings. The first kappa shape index (κ1) is 18.0. The molecule has 0 spiro atoms. The second kappa shape index (κ2) is 8.52. The molecule has 0 bridgehead atoms. The molecule has 1 aromatic heterocycles. The molecule has 7 heteroatoms. The van der Waals surface area contributed by atoms with Crippen LogP contribution in [-0.2, 0) is 25.7 Å².